The Kier molecular flexibility index (Phi) is 8.25. The molecule has 1 unspecified atom stereocenters. The van der Waals surface area contributed by atoms with Crippen LogP contribution >= 0.6 is 0 Å². The molecule has 0 radical (unpaired) electrons. The van der Waals surface area contributed by atoms with Crippen molar-refractivity contribution < 1.29 is 0 Å². The molecule has 0 N–H and O–H groups in total. The van der Waals surface area contributed by atoms with Crippen LogP contribution < -0.4 is 9.91 Å². The lowest BCUT2D eigenvalue weighted by Gasteiger charge is -2.26. The van der Waals surface area contributed by atoms with Gasteiger partial charge in [0, 0.05) is 38.3 Å². The number of para-hydroxylation sites is 1. The van der Waals surface area contributed by atoms with E-state index in [1.807, 2.05) is 0 Å². The Labute approximate surface area is 211 Å². The van der Waals surface area contributed by atoms with E-state index < -0.39 is 0 Å². The number of hydrogen-bond acceptors (Lipinski definition) is 4. The zero-order chi connectivity index (χ0) is 24.6. The molecule has 4 nitrogen and oxygen atoms in total. The van der Waals surface area contributed by atoms with Crippen molar-refractivity contribution in [3.05, 3.63) is 102 Å². The quantitative estimate of drug-likeness (QED) is 0.315. The molecule has 0 amide bonds. The lowest BCUT2D eigenvalue weighted by molar-refractivity contribution is 0.403. The highest BCUT2D eigenvalue weighted by atomic mass is 15.5. The summed E-state index contributed by atoms with van der Waals surface area (Å²) in [6.07, 6.45) is 3.16. The molecule has 35 heavy (non-hydrogen) atoms. The number of allylic oxidation sites excluding steroid dienone is 1. The van der Waals surface area contributed by atoms with Crippen LogP contribution in [-0.2, 0) is 0 Å². The SMILES string of the molecule is CCN(CC)C(=Cc1ccccc1)C1=NN(c2ccccc2)C(c2ccc(N(CC)CC)cc2)C1. The summed E-state index contributed by atoms with van der Waals surface area (Å²) in [6.45, 7) is 12.8. The normalized spacial score (nSPS) is 15.8. The first-order valence-electron chi connectivity index (χ1n) is 13.0. The van der Waals surface area contributed by atoms with Gasteiger partial charge in [-0.3, -0.25) is 5.01 Å². The van der Waals surface area contributed by atoms with Crippen molar-refractivity contribution in [2.75, 3.05) is 36.1 Å². The van der Waals surface area contributed by atoms with Crippen LogP contribution in [0.4, 0.5) is 11.4 Å². The molecule has 0 bridgehead atoms. The molecule has 0 spiro atoms. The minimum Gasteiger partial charge on any atom is -0.372 e. The molecule has 4 heteroatoms. The minimum absolute atomic E-state index is 0.160. The smallest absolute Gasteiger partial charge is 0.0867 e. The van der Waals surface area contributed by atoms with E-state index >= 15 is 0 Å². The summed E-state index contributed by atoms with van der Waals surface area (Å²) < 4.78 is 0. The predicted octanol–water partition coefficient (Wildman–Crippen LogP) is 7.22. The van der Waals surface area contributed by atoms with Crippen LogP contribution in [0.2, 0.25) is 0 Å². The highest BCUT2D eigenvalue weighted by Crippen LogP contribution is 2.38. The summed E-state index contributed by atoms with van der Waals surface area (Å²) in [6, 6.07) is 30.4. The van der Waals surface area contributed by atoms with Crippen molar-refractivity contribution >= 4 is 23.2 Å². The first-order chi connectivity index (χ1) is 17.2. The molecule has 0 saturated carbocycles. The van der Waals surface area contributed by atoms with E-state index in [2.05, 4.69) is 134 Å². The molecule has 3 aromatic rings. The highest BCUT2D eigenvalue weighted by molar-refractivity contribution is 6.05. The number of anilines is 2. The van der Waals surface area contributed by atoms with Crippen molar-refractivity contribution in [3.8, 4) is 0 Å². The molecule has 3 aromatic carbocycles. The second-order valence-electron chi connectivity index (χ2n) is 8.82. The molecule has 0 aromatic heterocycles. The Bertz CT molecular complexity index is 1110. The minimum atomic E-state index is 0.160. The Morgan fingerprint density at radius 3 is 1.97 bits per heavy atom. The fourth-order valence-electron chi connectivity index (χ4n) is 4.87. The van der Waals surface area contributed by atoms with Crippen LogP contribution in [0.3, 0.4) is 0 Å². The number of hydrogen-bond donors (Lipinski definition) is 0. The topological polar surface area (TPSA) is 22.1 Å². The van der Waals surface area contributed by atoms with Crippen LogP contribution in [-0.4, -0.2) is 36.8 Å². The number of rotatable bonds is 10. The van der Waals surface area contributed by atoms with E-state index in [9.17, 15) is 0 Å². The number of hydrazone groups is 1. The van der Waals surface area contributed by atoms with Gasteiger partial charge in [0.15, 0.2) is 0 Å². The van der Waals surface area contributed by atoms with Gasteiger partial charge in [-0.1, -0.05) is 60.7 Å². The Balaban J connectivity index is 1.73. The van der Waals surface area contributed by atoms with Crippen molar-refractivity contribution in [1.82, 2.24) is 4.90 Å². The van der Waals surface area contributed by atoms with Gasteiger partial charge in [0.1, 0.15) is 0 Å². The summed E-state index contributed by atoms with van der Waals surface area (Å²) in [5.41, 5.74) is 7.25. The van der Waals surface area contributed by atoms with Crippen molar-refractivity contribution in [2.45, 2.75) is 40.2 Å². The standard InChI is InChI=1S/C31H38N4/c1-5-33(6-2)27-21-19-26(20-22-27)30-24-29(32-35(30)28-17-13-10-14-18-28)31(34(7-3)8-4)23-25-15-11-9-12-16-25/h9-23,30H,5-8,24H2,1-4H3. The summed E-state index contributed by atoms with van der Waals surface area (Å²) >= 11 is 0. The first kappa shape index (κ1) is 24.6. The third-order valence-corrected chi connectivity index (χ3v) is 6.84. The molecule has 1 atom stereocenters. The van der Waals surface area contributed by atoms with E-state index in [-0.39, 0.29) is 6.04 Å². The Morgan fingerprint density at radius 1 is 0.800 bits per heavy atom. The number of nitrogens with zero attached hydrogens (tertiary/aromatic N) is 4. The van der Waals surface area contributed by atoms with Gasteiger partial charge in [-0.2, -0.15) is 5.10 Å². The van der Waals surface area contributed by atoms with Gasteiger partial charge < -0.3 is 9.80 Å². The van der Waals surface area contributed by atoms with Crippen molar-refractivity contribution in [3.63, 3.8) is 0 Å². The molecule has 0 fully saturated rings. The summed E-state index contributed by atoms with van der Waals surface area (Å²) in [7, 11) is 0. The average molecular weight is 467 g/mol. The van der Waals surface area contributed by atoms with E-state index in [4.69, 9.17) is 5.10 Å². The lowest BCUT2D eigenvalue weighted by Crippen LogP contribution is -2.27. The largest absolute Gasteiger partial charge is 0.372 e. The Morgan fingerprint density at radius 2 is 1.40 bits per heavy atom. The Hall–Kier alpha value is -3.53. The van der Waals surface area contributed by atoms with Crippen LogP contribution in [0.5, 0.6) is 0 Å². The van der Waals surface area contributed by atoms with E-state index in [1.54, 1.807) is 0 Å². The van der Waals surface area contributed by atoms with Gasteiger partial charge in [-0.15, -0.1) is 0 Å². The maximum Gasteiger partial charge on any atom is 0.0867 e. The maximum absolute atomic E-state index is 5.25. The fraction of sp³-hybridized carbons (Fsp3) is 0.323. The molecular weight excluding hydrogens is 428 g/mol. The summed E-state index contributed by atoms with van der Waals surface area (Å²) in [5, 5.41) is 7.46. The van der Waals surface area contributed by atoms with Gasteiger partial charge in [0.2, 0.25) is 0 Å². The highest BCUT2D eigenvalue weighted by Gasteiger charge is 2.32. The van der Waals surface area contributed by atoms with E-state index in [0.717, 1.165) is 44.0 Å². The molecule has 182 valence electrons. The second kappa shape index (κ2) is 11.7. The zero-order valence-corrected chi connectivity index (χ0v) is 21.6. The first-order valence-corrected chi connectivity index (χ1v) is 13.0. The molecule has 0 aliphatic carbocycles. The maximum atomic E-state index is 5.25. The average Bonchev–Trinajstić information content (AvgIpc) is 3.36. The van der Waals surface area contributed by atoms with Gasteiger partial charge in [0.05, 0.1) is 23.1 Å². The monoisotopic (exact) mass is 466 g/mol. The molecular formula is C31H38N4. The second-order valence-corrected chi connectivity index (χ2v) is 8.82. The van der Waals surface area contributed by atoms with E-state index in [1.165, 1.54) is 22.5 Å². The van der Waals surface area contributed by atoms with Crippen LogP contribution in [0.25, 0.3) is 6.08 Å². The van der Waals surface area contributed by atoms with E-state index in [0.29, 0.717) is 0 Å². The van der Waals surface area contributed by atoms with Gasteiger partial charge >= 0.3 is 0 Å². The third-order valence-electron chi connectivity index (χ3n) is 6.84. The molecule has 0 saturated heterocycles. The number of benzene rings is 3. The van der Waals surface area contributed by atoms with Gasteiger partial charge in [-0.25, -0.2) is 0 Å². The summed E-state index contributed by atoms with van der Waals surface area (Å²) in [5.74, 6) is 0. The third kappa shape index (κ3) is 5.59. The molecule has 1 heterocycles. The van der Waals surface area contributed by atoms with Crippen molar-refractivity contribution in [1.29, 1.82) is 0 Å². The predicted molar refractivity (Wildman–Crippen MR) is 151 cm³/mol. The fourth-order valence-corrected chi connectivity index (χ4v) is 4.87. The molecule has 1 aliphatic rings. The van der Waals surface area contributed by atoms with Gasteiger partial charge in [0.25, 0.3) is 0 Å². The van der Waals surface area contributed by atoms with Crippen LogP contribution in [0.1, 0.15) is 51.3 Å². The zero-order valence-electron chi connectivity index (χ0n) is 21.6. The molecule has 4 rings (SSSR count). The van der Waals surface area contributed by atoms with Crippen LogP contribution in [0.15, 0.2) is 95.7 Å². The molecule has 1 aliphatic heterocycles. The van der Waals surface area contributed by atoms with Gasteiger partial charge in [-0.05, 0) is 69.2 Å². The van der Waals surface area contributed by atoms with Crippen LogP contribution in [0, 0.1) is 0 Å². The summed E-state index contributed by atoms with van der Waals surface area (Å²) in [4.78, 5) is 4.80. The lowest BCUT2D eigenvalue weighted by atomic mass is 9.98. The van der Waals surface area contributed by atoms with Crippen molar-refractivity contribution in [2.24, 2.45) is 5.10 Å².